The second-order valence-corrected chi connectivity index (χ2v) is 5.59. The summed E-state index contributed by atoms with van der Waals surface area (Å²) < 4.78 is 17.9. The standard InChI is InChI=1S/C18H19FN2O2S/c1-3-23-17(22)14-7-4-12(2)16(10-14)21-18(24)20-11-13-5-8-15(19)9-6-13/h4-10H,3,11H2,1-2H3,(H2,20,21,24). The molecule has 0 aliphatic heterocycles. The largest absolute Gasteiger partial charge is 0.462 e. The second kappa shape index (κ2) is 8.40. The van der Waals surface area contributed by atoms with Crippen molar-refractivity contribution in [2.75, 3.05) is 11.9 Å². The van der Waals surface area contributed by atoms with E-state index in [1.54, 1.807) is 31.2 Å². The van der Waals surface area contributed by atoms with Gasteiger partial charge in [0.05, 0.1) is 12.2 Å². The molecule has 2 N–H and O–H groups in total. The molecule has 0 aliphatic carbocycles. The van der Waals surface area contributed by atoms with Gasteiger partial charge in [0.15, 0.2) is 5.11 Å². The van der Waals surface area contributed by atoms with Crippen LogP contribution in [0.3, 0.4) is 0 Å². The SMILES string of the molecule is CCOC(=O)c1ccc(C)c(NC(=S)NCc2ccc(F)cc2)c1. The summed E-state index contributed by atoms with van der Waals surface area (Å²) in [7, 11) is 0. The van der Waals surface area contributed by atoms with E-state index in [1.165, 1.54) is 12.1 Å². The summed E-state index contributed by atoms with van der Waals surface area (Å²) in [4.78, 5) is 11.8. The van der Waals surface area contributed by atoms with Gasteiger partial charge in [-0.2, -0.15) is 0 Å². The van der Waals surface area contributed by atoms with Crippen molar-refractivity contribution in [3.05, 3.63) is 65.0 Å². The van der Waals surface area contributed by atoms with E-state index < -0.39 is 0 Å². The molecule has 2 aromatic carbocycles. The zero-order valence-electron chi connectivity index (χ0n) is 13.6. The Balaban J connectivity index is 1.98. The summed E-state index contributed by atoms with van der Waals surface area (Å²) in [5, 5.41) is 6.54. The molecule has 2 aromatic rings. The Bertz CT molecular complexity index is 732. The number of ether oxygens (including phenoxy) is 1. The molecule has 0 heterocycles. The first-order valence-electron chi connectivity index (χ1n) is 7.56. The van der Waals surface area contributed by atoms with E-state index in [9.17, 15) is 9.18 Å². The summed E-state index contributed by atoms with van der Waals surface area (Å²) in [6.45, 7) is 4.48. The number of hydrogen-bond acceptors (Lipinski definition) is 3. The lowest BCUT2D eigenvalue weighted by atomic mass is 10.1. The van der Waals surface area contributed by atoms with E-state index in [2.05, 4.69) is 10.6 Å². The van der Waals surface area contributed by atoms with Gasteiger partial charge in [0.1, 0.15) is 5.82 Å². The van der Waals surface area contributed by atoms with Crippen LogP contribution in [0.1, 0.15) is 28.4 Å². The van der Waals surface area contributed by atoms with Gasteiger partial charge in [-0.1, -0.05) is 18.2 Å². The molecule has 6 heteroatoms. The number of carbonyl (C=O) groups excluding carboxylic acids is 1. The van der Waals surface area contributed by atoms with Crippen LogP contribution in [0.5, 0.6) is 0 Å². The van der Waals surface area contributed by atoms with E-state index >= 15 is 0 Å². The topological polar surface area (TPSA) is 50.4 Å². The number of nitrogens with one attached hydrogen (secondary N) is 2. The van der Waals surface area contributed by atoms with Crippen molar-refractivity contribution in [1.82, 2.24) is 5.32 Å². The van der Waals surface area contributed by atoms with Crippen LogP contribution in [0.15, 0.2) is 42.5 Å². The number of aryl methyl sites for hydroxylation is 1. The lowest BCUT2D eigenvalue weighted by molar-refractivity contribution is 0.0526. The molecule has 0 fully saturated rings. The molecule has 0 saturated carbocycles. The lowest BCUT2D eigenvalue weighted by Gasteiger charge is -2.13. The predicted octanol–water partition coefficient (Wildman–Crippen LogP) is 3.80. The third kappa shape index (κ3) is 5.03. The van der Waals surface area contributed by atoms with Gasteiger partial charge in [-0.25, -0.2) is 9.18 Å². The fourth-order valence-corrected chi connectivity index (χ4v) is 2.23. The van der Waals surface area contributed by atoms with E-state index in [-0.39, 0.29) is 11.8 Å². The number of hydrogen-bond donors (Lipinski definition) is 2. The van der Waals surface area contributed by atoms with Gasteiger partial charge < -0.3 is 15.4 Å². The average Bonchev–Trinajstić information content (AvgIpc) is 2.56. The van der Waals surface area contributed by atoms with Gasteiger partial charge >= 0.3 is 5.97 Å². The van der Waals surface area contributed by atoms with Gasteiger partial charge in [0.25, 0.3) is 0 Å². The number of halogens is 1. The number of carbonyl (C=O) groups is 1. The molecule has 0 aromatic heterocycles. The zero-order valence-corrected chi connectivity index (χ0v) is 14.4. The highest BCUT2D eigenvalue weighted by Crippen LogP contribution is 2.17. The van der Waals surface area contributed by atoms with Gasteiger partial charge in [0, 0.05) is 12.2 Å². The first-order valence-corrected chi connectivity index (χ1v) is 7.97. The Morgan fingerprint density at radius 1 is 1.21 bits per heavy atom. The van der Waals surface area contributed by atoms with Crippen molar-refractivity contribution in [2.24, 2.45) is 0 Å². The normalized spacial score (nSPS) is 10.1. The van der Waals surface area contributed by atoms with Crippen LogP contribution in [0, 0.1) is 12.7 Å². The third-order valence-electron chi connectivity index (χ3n) is 3.36. The van der Waals surface area contributed by atoms with E-state index in [1.807, 2.05) is 13.0 Å². The highest BCUT2D eigenvalue weighted by Gasteiger charge is 2.09. The van der Waals surface area contributed by atoms with Crippen LogP contribution in [0.25, 0.3) is 0 Å². The van der Waals surface area contributed by atoms with E-state index in [4.69, 9.17) is 17.0 Å². The molecule has 0 radical (unpaired) electrons. The Kier molecular flexibility index (Phi) is 6.26. The second-order valence-electron chi connectivity index (χ2n) is 5.18. The first-order chi connectivity index (χ1) is 11.5. The lowest BCUT2D eigenvalue weighted by Crippen LogP contribution is -2.28. The third-order valence-corrected chi connectivity index (χ3v) is 3.61. The van der Waals surface area contributed by atoms with Crippen LogP contribution < -0.4 is 10.6 Å². The summed E-state index contributed by atoms with van der Waals surface area (Å²) >= 11 is 5.27. The first kappa shape index (κ1) is 17.9. The molecule has 0 aliphatic rings. The monoisotopic (exact) mass is 346 g/mol. The summed E-state index contributed by atoms with van der Waals surface area (Å²) in [6, 6.07) is 11.4. The smallest absolute Gasteiger partial charge is 0.338 e. The van der Waals surface area contributed by atoms with Gasteiger partial charge in [0.2, 0.25) is 0 Å². The fourth-order valence-electron chi connectivity index (χ4n) is 2.05. The molecule has 0 saturated heterocycles. The maximum atomic E-state index is 12.9. The van der Waals surface area contributed by atoms with Crippen molar-refractivity contribution in [2.45, 2.75) is 20.4 Å². The zero-order chi connectivity index (χ0) is 17.5. The van der Waals surface area contributed by atoms with Crippen molar-refractivity contribution >= 4 is 29.0 Å². The maximum Gasteiger partial charge on any atom is 0.338 e. The quantitative estimate of drug-likeness (QED) is 0.637. The van der Waals surface area contributed by atoms with Crippen LogP contribution >= 0.6 is 12.2 Å². The average molecular weight is 346 g/mol. The Hall–Kier alpha value is -2.47. The predicted molar refractivity (Wildman–Crippen MR) is 96.6 cm³/mol. The van der Waals surface area contributed by atoms with Crippen LogP contribution in [0.4, 0.5) is 10.1 Å². The molecule has 0 bridgehead atoms. The van der Waals surface area contributed by atoms with E-state index in [0.717, 1.165) is 16.8 Å². The fraction of sp³-hybridized carbons (Fsp3) is 0.222. The molecule has 0 amide bonds. The summed E-state index contributed by atoms with van der Waals surface area (Å²) in [6.07, 6.45) is 0. The Labute approximate surface area is 146 Å². The van der Waals surface area contributed by atoms with Crippen LogP contribution in [-0.4, -0.2) is 17.7 Å². The molecular weight excluding hydrogens is 327 g/mol. The van der Waals surface area contributed by atoms with Crippen LogP contribution in [-0.2, 0) is 11.3 Å². The minimum absolute atomic E-state index is 0.272. The van der Waals surface area contributed by atoms with Crippen molar-refractivity contribution in [3.63, 3.8) is 0 Å². The minimum Gasteiger partial charge on any atom is -0.462 e. The Morgan fingerprint density at radius 2 is 1.92 bits per heavy atom. The minimum atomic E-state index is -0.370. The number of rotatable bonds is 5. The number of thiocarbonyl (C=S) groups is 1. The molecular formula is C18H19FN2O2S. The molecule has 126 valence electrons. The van der Waals surface area contributed by atoms with Gasteiger partial charge in [-0.3, -0.25) is 0 Å². The highest BCUT2D eigenvalue weighted by atomic mass is 32.1. The van der Waals surface area contributed by atoms with E-state index in [0.29, 0.717) is 23.8 Å². The highest BCUT2D eigenvalue weighted by molar-refractivity contribution is 7.80. The van der Waals surface area contributed by atoms with Gasteiger partial charge in [-0.15, -0.1) is 0 Å². The summed E-state index contributed by atoms with van der Waals surface area (Å²) in [5.74, 6) is -0.642. The van der Waals surface area contributed by atoms with Gasteiger partial charge in [-0.05, 0) is 61.5 Å². The molecule has 0 unspecified atom stereocenters. The maximum absolute atomic E-state index is 12.9. The molecule has 2 rings (SSSR count). The number of esters is 1. The van der Waals surface area contributed by atoms with Crippen molar-refractivity contribution in [1.29, 1.82) is 0 Å². The van der Waals surface area contributed by atoms with Crippen molar-refractivity contribution in [3.8, 4) is 0 Å². The van der Waals surface area contributed by atoms with Crippen LogP contribution in [0.2, 0.25) is 0 Å². The number of benzene rings is 2. The number of anilines is 1. The molecule has 24 heavy (non-hydrogen) atoms. The van der Waals surface area contributed by atoms with Crippen molar-refractivity contribution < 1.29 is 13.9 Å². The molecule has 0 atom stereocenters. The molecule has 0 spiro atoms. The summed E-state index contributed by atoms with van der Waals surface area (Å²) in [5.41, 5.74) is 3.06. The Morgan fingerprint density at radius 3 is 2.58 bits per heavy atom. The molecule has 4 nitrogen and oxygen atoms in total.